The fourth-order valence-corrected chi connectivity index (χ4v) is 4.29. The highest BCUT2D eigenvalue weighted by molar-refractivity contribution is 7.99. The first kappa shape index (κ1) is 25.7. The second-order valence-electron chi connectivity index (χ2n) is 8.09. The third-order valence-electron chi connectivity index (χ3n) is 5.42. The Bertz CT molecular complexity index is 1540. The quantitative estimate of drug-likeness (QED) is 0.145. The van der Waals surface area contributed by atoms with Crippen molar-refractivity contribution < 1.29 is 18.7 Å². The summed E-state index contributed by atoms with van der Waals surface area (Å²) in [6.07, 6.45) is 4.84. The average molecular weight is 541 g/mol. The molecule has 0 aliphatic heterocycles. The second-order valence-corrected chi connectivity index (χ2v) is 9.04. The molecule has 5 aromatic rings. The van der Waals surface area contributed by atoms with Crippen LogP contribution in [0.15, 0.2) is 106 Å². The van der Waals surface area contributed by atoms with Crippen LogP contribution in [0.2, 0.25) is 0 Å². The number of hydrogen-bond donors (Lipinski definition) is 1. The molecule has 0 bridgehead atoms. The van der Waals surface area contributed by atoms with E-state index in [-0.39, 0.29) is 11.7 Å². The third kappa shape index (κ3) is 6.70. The molecule has 11 heteroatoms. The lowest BCUT2D eigenvalue weighted by Crippen LogP contribution is -2.19. The molecule has 5 rings (SSSR count). The lowest BCUT2D eigenvalue weighted by atomic mass is 10.2. The van der Waals surface area contributed by atoms with Gasteiger partial charge in [-0.15, -0.1) is 10.2 Å². The Kier molecular flexibility index (Phi) is 8.29. The number of benzene rings is 2. The summed E-state index contributed by atoms with van der Waals surface area (Å²) in [5.41, 5.74) is 5.18. The van der Waals surface area contributed by atoms with E-state index in [9.17, 15) is 4.79 Å². The van der Waals surface area contributed by atoms with Crippen LogP contribution >= 0.6 is 11.8 Å². The Balaban J connectivity index is 1.16. The van der Waals surface area contributed by atoms with Crippen molar-refractivity contribution in [1.82, 2.24) is 25.2 Å². The Labute approximate surface area is 228 Å². The molecular formula is C28H24N6O4S. The largest absolute Gasteiger partial charge is 0.497 e. The van der Waals surface area contributed by atoms with Crippen molar-refractivity contribution in [3.8, 4) is 28.8 Å². The first-order valence-corrected chi connectivity index (χ1v) is 12.9. The van der Waals surface area contributed by atoms with E-state index in [0.717, 1.165) is 22.6 Å². The van der Waals surface area contributed by atoms with Gasteiger partial charge in [-0.2, -0.15) is 5.10 Å². The molecule has 0 unspecified atom stereocenters. The minimum atomic E-state index is -0.302. The molecule has 0 saturated carbocycles. The van der Waals surface area contributed by atoms with Crippen molar-refractivity contribution >= 4 is 23.9 Å². The predicted octanol–water partition coefficient (Wildman–Crippen LogP) is 4.75. The number of carbonyl (C=O) groups excluding carboxylic acids is 1. The molecule has 0 fully saturated rings. The number of ether oxygens (including phenoxy) is 2. The first-order chi connectivity index (χ1) is 19.2. The maximum absolute atomic E-state index is 12.5. The van der Waals surface area contributed by atoms with Crippen LogP contribution in [0.1, 0.15) is 11.3 Å². The van der Waals surface area contributed by atoms with Crippen LogP contribution in [0.25, 0.3) is 17.1 Å². The minimum Gasteiger partial charge on any atom is -0.497 e. The van der Waals surface area contributed by atoms with Crippen molar-refractivity contribution in [3.05, 3.63) is 103 Å². The summed E-state index contributed by atoms with van der Waals surface area (Å²) in [6, 6.07) is 24.4. The highest BCUT2D eigenvalue weighted by Gasteiger charge is 2.17. The second kappa shape index (κ2) is 12.6. The number of hydrazone groups is 1. The van der Waals surface area contributed by atoms with Crippen molar-refractivity contribution in [2.24, 2.45) is 5.10 Å². The summed E-state index contributed by atoms with van der Waals surface area (Å²) in [5, 5.41) is 13.2. The zero-order valence-corrected chi connectivity index (χ0v) is 21.7. The number of para-hydroxylation sites is 1. The molecule has 0 aliphatic carbocycles. The van der Waals surface area contributed by atoms with Gasteiger partial charge in [-0.05, 0) is 48.0 Å². The van der Waals surface area contributed by atoms with Gasteiger partial charge in [0.15, 0.2) is 16.7 Å². The number of rotatable bonds is 11. The van der Waals surface area contributed by atoms with Crippen LogP contribution in [0.4, 0.5) is 0 Å². The average Bonchev–Trinajstić information content (AvgIpc) is 3.63. The van der Waals surface area contributed by atoms with E-state index in [1.165, 1.54) is 18.0 Å². The number of nitrogens with one attached hydrogen (secondary N) is 1. The Hall–Kier alpha value is -4.90. The molecule has 1 N–H and O–H groups in total. The van der Waals surface area contributed by atoms with Gasteiger partial charge in [0, 0.05) is 29.7 Å². The number of amides is 1. The molecule has 3 heterocycles. The van der Waals surface area contributed by atoms with Gasteiger partial charge in [-0.25, -0.2) is 5.43 Å². The lowest BCUT2D eigenvalue weighted by Gasteiger charge is -2.09. The van der Waals surface area contributed by atoms with Crippen LogP contribution < -0.4 is 14.9 Å². The Morgan fingerprint density at radius 2 is 1.90 bits per heavy atom. The van der Waals surface area contributed by atoms with Crippen molar-refractivity contribution in [3.63, 3.8) is 0 Å². The summed E-state index contributed by atoms with van der Waals surface area (Å²) in [4.78, 5) is 16.6. The molecule has 0 atom stereocenters. The lowest BCUT2D eigenvalue weighted by molar-refractivity contribution is -0.118. The molecule has 1 amide bonds. The highest BCUT2D eigenvalue weighted by Crippen LogP contribution is 2.27. The number of hydrogen-bond acceptors (Lipinski definition) is 9. The molecule has 39 heavy (non-hydrogen) atoms. The fourth-order valence-electron chi connectivity index (χ4n) is 3.54. The van der Waals surface area contributed by atoms with Gasteiger partial charge in [-0.1, -0.05) is 42.1 Å². The van der Waals surface area contributed by atoms with Crippen LogP contribution in [0.5, 0.6) is 11.7 Å². The monoisotopic (exact) mass is 540 g/mol. The van der Waals surface area contributed by atoms with E-state index >= 15 is 0 Å². The summed E-state index contributed by atoms with van der Waals surface area (Å²) < 4.78 is 18.3. The SMILES string of the molecule is COc1ccc(COc2ccc(/C=N/NC(=O)CSc3nnc(-c4cccnc4)n3-c3ccccc3)o2)cc1. The predicted molar refractivity (Wildman–Crippen MR) is 147 cm³/mol. The zero-order valence-electron chi connectivity index (χ0n) is 20.9. The molecular weight excluding hydrogens is 516 g/mol. The minimum absolute atomic E-state index is 0.0870. The van der Waals surface area contributed by atoms with Crippen molar-refractivity contribution in [2.45, 2.75) is 11.8 Å². The van der Waals surface area contributed by atoms with E-state index in [2.05, 4.69) is 25.7 Å². The maximum atomic E-state index is 12.5. The smallest absolute Gasteiger partial charge is 0.285 e. The third-order valence-corrected chi connectivity index (χ3v) is 6.35. The molecule has 0 radical (unpaired) electrons. The number of aromatic nitrogens is 4. The Morgan fingerprint density at radius 3 is 2.67 bits per heavy atom. The van der Waals surface area contributed by atoms with E-state index in [4.69, 9.17) is 13.9 Å². The number of carbonyl (C=O) groups is 1. The topological polar surface area (TPSA) is 117 Å². The Morgan fingerprint density at radius 1 is 1.05 bits per heavy atom. The van der Waals surface area contributed by atoms with Gasteiger partial charge in [-0.3, -0.25) is 14.3 Å². The van der Waals surface area contributed by atoms with Crippen molar-refractivity contribution in [1.29, 1.82) is 0 Å². The molecule has 10 nitrogen and oxygen atoms in total. The van der Waals surface area contributed by atoms with Gasteiger partial charge in [0.1, 0.15) is 12.4 Å². The van der Waals surface area contributed by atoms with Crippen LogP contribution in [-0.4, -0.2) is 44.7 Å². The van der Waals surface area contributed by atoms with E-state index in [1.54, 1.807) is 31.6 Å². The first-order valence-electron chi connectivity index (χ1n) is 11.9. The number of furan rings is 1. The van der Waals surface area contributed by atoms with Gasteiger partial charge in [0.05, 0.1) is 19.1 Å². The van der Waals surface area contributed by atoms with E-state index in [0.29, 0.717) is 29.3 Å². The molecule has 196 valence electrons. The number of methoxy groups -OCH3 is 1. The maximum Gasteiger partial charge on any atom is 0.285 e. The molecule has 0 aliphatic rings. The summed E-state index contributed by atoms with van der Waals surface area (Å²) in [5.74, 6) is 1.99. The molecule has 3 aromatic heterocycles. The van der Waals surface area contributed by atoms with Gasteiger partial charge < -0.3 is 13.9 Å². The molecule has 0 spiro atoms. The number of thioether (sulfide) groups is 1. The van der Waals surface area contributed by atoms with Gasteiger partial charge in [0.2, 0.25) is 0 Å². The molecule has 2 aromatic carbocycles. The van der Waals surface area contributed by atoms with Crippen LogP contribution in [-0.2, 0) is 11.4 Å². The highest BCUT2D eigenvalue weighted by atomic mass is 32.2. The van der Waals surface area contributed by atoms with Crippen molar-refractivity contribution in [2.75, 3.05) is 12.9 Å². The zero-order chi connectivity index (χ0) is 26.9. The van der Waals surface area contributed by atoms with Gasteiger partial charge >= 0.3 is 0 Å². The summed E-state index contributed by atoms with van der Waals surface area (Å²) in [6.45, 7) is 0.345. The van der Waals surface area contributed by atoms with Crippen LogP contribution in [0, 0.1) is 0 Å². The standard InChI is InChI=1S/C28H24N6O4S/c1-36-23-11-9-20(10-12-23)18-37-26-14-13-24(38-26)17-30-31-25(35)19-39-28-33-32-27(21-6-5-15-29-16-21)34(28)22-7-3-2-4-8-22/h2-17H,18-19H2,1H3,(H,31,35)/b30-17+. The normalized spacial score (nSPS) is 11.0. The molecule has 0 saturated heterocycles. The summed E-state index contributed by atoms with van der Waals surface area (Å²) >= 11 is 1.25. The van der Waals surface area contributed by atoms with E-state index in [1.807, 2.05) is 71.3 Å². The van der Waals surface area contributed by atoms with E-state index < -0.39 is 0 Å². The summed E-state index contributed by atoms with van der Waals surface area (Å²) in [7, 11) is 1.62. The number of nitrogens with zero attached hydrogens (tertiary/aromatic N) is 5. The fraction of sp³-hybridized carbons (Fsp3) is 0.107. The van der Waals surface area contributed by atoms with Gasteiger partial charge in [0.25, 0.3) is 11.9 Å². The van der Waals surface area contributed by atoms with Crippen LogP contribution in [0.3, 0.4) is 0 Å². The number of pyridine rings is 1.